The fourth-order valence-corrected chi connectivity index (χ4v) is 3.05. The average Bonchev–Trinajstić information content (AvgIpc) is 3.01. The minimum absolute atomic E-state index is 0. The van der Waals surface area contributed by atoms with Crippen LogP contribution in [0.15, 0.2) is 51.7 Å². The third-order valence-corrected chi connectivity index (χ3v) is 4.51. The van der Waals surface area contributed by atoms with Gasteiger partial charge in [0.05, 0.1) is 16.5 Å². The Bertz CT molecular complexity index is 1090. The summed E-state index contributed by atoms with van der Waals surface area (Å²) in [5, 5.41) is 17.0. The topological polar surface area (TPSA) is 119 Å². The number of nitrogens with zero attached hydrogens (tertiary/aromatic N) is 2. The molecule has 2 N–H and O–H groups in total. The second-order valence-corrected chi connectivity index (χ2v) is 6.52. The number of hydrogen-bond acceptors (Lipinski definition) is 6. The molecule has 0 atom stereocenters. The molecule has 0 aliphatic heterocycles. The Kier molecular flexibility index (Phi) is 8.14. The molecule has 30 heavy (non-hydrogen) atoms. The second kappa shape index (κ2) is 10.6. The average molecular weight is 435 g/mol. The number of para-hydroxylation sites is 1. The summed E-state index contributed by atoms with van der Waals surface area (Å²) in [5.74, 6) is -0.748. The molecule has 9 nitrogen and oxygen atoms in total. The molecule has 1 heterocycles. The molecule has 1 amide bonds. The minimum Gasteiger partial charge on any atom is -0.407 e. The predicted molar refractivity (Wildman–Crippen MR) is 116 cm³/mol. The molecule has 0 radical (unpaired) electrons. The predicted octanol–water partition coefficient (Wildman–Crippen LogP) is 3.45. The van der Waals surface area contributed by atoms with E-state index in [1.54, 1.807) is 0 Å². The van der Waals surface area contributed by atoms with Gasteiger partial charge in [0.2, 0.25) is 5.91 Å². The van der Waals surface area contributed by atoms with Gasteiger partial charge < -0.3 is 15.1 Å². The quantitative estimate of drug-likeness (QED) is 0.393. The van der Waals surface area contributed by atoms with E-state index in [1.165, 1.54) is 22.8 Å². The van der Waals surface area contributed by atoms with Crippen LogP contribution in [0.25, 0.3) is 11.1 Å². The molecule has 3 rings (SSSR count). The van der Waals surface area contributed by atoms with Gasteiger partial charge in [-0.15, -0.1) is 12.4 Å². The van der Waals surface area contributed by atoms with Crippen molar-refractivity contribution in [2.45, 2.75) is 32.9 Å². The Labute approximate surface area is 178 Å². The highest BCUT2D eigenvalue weighted by molar-refractivity contribution is 5.91. The van der Waals surface area contributed by atoms with Crippen LogP contribution >= 0.6 is 12.4 Å². The van der Waals surface area contributed by atoms with Gasteiger partial charge in [0.1, 0.15) is 0 Å². The van der Waals surface area contributed by atoms with Crippen molar-refractivity contribution in [3.63, 3.8) is 0 Å². The maximum Gasteiger partial charge on any atom is 0.419 e. The normalized spacial score (nSPS) is 10.6. The zero-order valence-corrected chi connectivity index (χ0v) is 17.2. The smallest absolute Gasteiger partial charge is 0.407 e. The summed E-state index contributed by atoms with van der Waals surface area (Å²) in [6.45, 7) is 3.78. The first-order chi connectivity index (χ1) is 14.0. The number of nitrogens with one attached hydrogen (secondary N) is 2. The Hall–Kier alpha value is -3.17. The van der Waals surface area contributed by atoms with E-state index in [4.69, 9.17) is 4.42 Å². The van der Waals surface area contributed by atoms with Crippen LogP contribution in [0, 0.1) is 10.1 Å². The van der Waals surface area contributed by atoms with Crippen LogP contribution in [-0.2, 0) is 17.9 Å². The van der Waals surface area contributed by atoms with Gasteiger partial charge in [-0.25, -0.2) is 4.79 Å². The van der Waals surface area contributed by atoms with E-state index in [0.29, 0.717) is 18.5 Å². The van der Waals surface area contributed by atoms with E-state index in [0.717, 1.165) is 17.8 Å². The number of nitro benzene ring substituents is 1. The monoisotopic (exact) mass is 434 g/mol. The van der Waals surface area contributed by atoms with E-state index in [9.17, 15) is 19.7 Å². The molecular formula is C20H23ClN4O5. The number of fused-ring (bicyclic) bond motifs is 1. The molecule has 0 aliphatic carbocycles. The van der Waals surface area contributed by atoms with Crippen molar-refractivity contribution < 1.29 is 14.1 Å². The number of non-ortho nitro benzene ring substituents is 1. The molecule has 0 unspecified atom stereocenters. The van der Waals surface area contributed by atoms with Crippen molar-refractivity contribution in [1.29, 1.82) is 0 Å². The van der Waals surface area contributed by atoms with Gasteiger partial charge in [0, 0.05) is 31.3 Å². The molecule has 160 valence electrons. The highest BCUT2D eigenvalue weighted by Gasteiger charge is 2.14. The number of halogens is 1. The molecule has 3 aromatic rings. The van der Waals surface area contributed by atoms with Crippen LogP contribution in [0.1, 0.15) is 25.3 Å². The number of rotatable bonds is 9. The fourth-order valence-electron chi connectivity index (χ4n) is 3.05. The molecule has 0 aliphatic rings. The van der Waals surface area contributed by atoms with Gasteiger partial charge in [-0.1, -0.05) is 25.1 Å². The number of hydrogen-bond donors (Lipinski definition) is 2. The summed E-state index contributed by atoms with van der Waals surface area (Å²) in [5.41, 5.74) is 2.25. The Morgan fingerprint density at radius 3 is 2.73 bits per heavy atom. The van der Waals surface area contributed by atoms with E-state index < -0.39 is 10.7 Å². The summed E-state index contributed by atoms with van der Waals surface area (Å²) >= 11 is 0. The summed E-state index contributed by atoms with van der Waals surface area (Å²) in [7, 11) is 0. The van der Waals surface area contributed by atoms with Crippen LogP contribution in [-0.4, -0.2) is 21.9 Å². The van der Waals surface area contributed by atoms with Crippen LogP contribution in [0.4, 0.5) is 11.4 Å². The number of aryl methyl sites for hydroxylation is 1. The maximum atomic E-state index is 12.3. The van der Waals surface area contributed by atoms with Gasteiger partial charge in [-0.2, -0.15) is 0 Å². The molecule has 0 bridgehead atoms. The molecule has 0 fully saturated rings. The number of carbonyl (C=O) groups excluding carboxylic acids is 1. The minimum atomic E-state index is -0.600. The van der Waals surface area contributed by atoms with Crippen LogP contribution in [0.2, 0.25) is 0 Å². The SMILES string of the molecule is CCNCc1ccccc1NC(=O)CCCn1c(=O)oc2cc([N+](=O)[O-])ccc21.Cl. The largest absolute Gasteiger partial charge is 0.419 e. The van der Waals surface area contributed by atoms with E-state index in [-0.39, 0.29) is 42.6 Å². The lowest BCUT2D eigenvalue weighted by Crippen LogP contribution is -2.18. The standard InChI is InChI=1S/C20H22N4O5.ClH/c1-2-21-13-14-6-3-4-7-16(14)22-19(25)8-5-11-23-17-10-9-15(24(27)28)12-18(17)29-20(23)26;/h3-4,6-7,9-10,12,21H,2,5,8,11,13H2,1H3,(H,22,25);1H. The molecule has 0 saturated heterocycles. The van der Waals surface area contributed by atoms with Gasteiger partial charge in [-0.05, 0) is 30.7 Å². The molecule has 0 saturated carbocycles. The van der Waals surface area contributed by atoms with E-state index in [2.05, 4.69) is 10.6 Å². The number of anilines is 1. The highest BCUT2D eigenvalue weighted by atomic mass is 35.5. The number of carbonyl (C=O) groups is 1. The van der Waals surface area contributed by atoms with Crippen molar-refractivity contribution >= 4 is 40.8 Å². The summed E-state index contributed by atoms with van der Waals surface area (Å²) in [6.07, 6.45) is 0.647. The van der Waals surface area contributed by atoms with Crippen molar-refractivity contribution in [2.75, 3.05) is 11.9 Å². The van der Waals surface area contributed by atoms with Crippen LogP contribution in [0.3, 0.4) is 0 Å². The number of oxazole rings is 1. The van der Waals surface area contributed by atoms with Gasteiger partial charge >= 0.3 is 5.76 Å². The first-order valence-electron chi connectivity index (χ1n) is 9.36. The molecule has 1 aromatic heterocycles. The highest BCUT2D eigenvalue weighted by Crippen LogP contribution is 2.20. The van der Waals surface area contributed by atoms with Crippen LogP contribution in [0.5, 0.6) is 0 Å². The number of benzene rings is 2. The van der Waals surface area contributed by atoms with Crippen molar-refractivity contribution in [2.24, 2.45) is 0 Å². The molecule has 10 heteroatoms. The van der Waals surface area contributed by atoms with Crippen molar-refractivity contribution in [1.82, 2.24) is 9.88 Å². The summed E-state index contributed by atoms with van der Waals surface area (Å²) < 4.78 is 6.47. The lowest BCUT2D eigenvalue weighted by atomic mass is 10.1. The number of nitro groups is 1. The third-order valence-electron chi connectivity index (χ3n) is 4.51. The van der Waals surface area contributed by atoms with Crippen LogP contribution < -0.4 is 16.4 Å². The molecule has 0 spiro atoms. The number of amides is 1. The molecular weight excluding hydrogens is 412 g/mol. The second-order valence-electron chi connectivity index (χ2n) is 6.52. The Morgan fingerprint density at radius 1 is 1.23 bits per heavy atom. The fraction of sp³-hybridized carbons (Fsp3) is 0.300. The first kappa shape index (κ1) is 23.1. The first-order valence-corrected chi connectivity index (χ1v) is 9.36. The Balaban J connectivity index is 0.00000320. The zero-order chi connectivity index (χ0) is 20.8. The number of aromatic nitrogens is 1. The van der Waals surface area contributed by atoms with Gasteiger partial charge in [-0.3, -0.25) is 19.5 Å². The summed E-state index contributed by atoms with van der Waals surface area (Å²) in [6, 6.07) is 11.6. The lowest BCUT2D eigenvalue weighted by Gasteiger charge is -2.11. The zero-order valence-electron chi connectivity index (χ0n) is 16.4. The maximum absolute atomic E-state index is 12.3. The summed E-state index contributed by atoms with van der Waals surface area (Å²) in [4.78, 5) is 34.7. The van der Waals surface area contributed by atoms with E-state index >= 15 is 0 Å². The van der Waals surface area contributed by atoms with Gasteiger partial charge in [0.25, 0.3) is 5.69 Å². The molecule has 2 aromatic carbocycles. The van der Waals surface area contributed by atoms with Gasteiger partial charge in [0.15, 0.2) is 5.58 Å². The van der Waals surface area contributed by atoms with E-state index in [1.807, 2.05) is 31.2 Å². The van der Waals surface area contributed by atoms with Crippen molar-refractivity contribution in [3.8, 4) is 0 Å². The Morgan fingerprint density at radius 2 is 2.00 bits per heavy atom. The lowest BCUT2D eigenvalue weighted by molar-refractivity contribution is -0.384. The van der Waals surface area contributed by atoms with Crippen molar-refractivity contribution in [3.05, 3.63) is 68.7 Å². The third kappa shape index (κ3) is 5.46.